The van der Waals surface area contributed by atoms with Crippen molar-refractivity contribution in [2.24, 2.45) is 0 Å². The van der Waals surface area contributed by atoms with E-state index in [9.17, 15) is 13.2 Å². The number of aromatic nitrogens is 1. The molecule has 1 aromatic carbocycles. The van der Waals surface area contributed by atoms with Crippen LogP contribution < -0.4 is 5.32 Å². The number of para-hydroxylation sites is 1. The van der Waals surface area contributed by atoms with Crippen LogP contribution in [-0.4, -0.2) is 68.0 Å². The Morgan fingerprint density at radius 1 is 1.23 bits per heavy atom. The van der Waals surface area contributed by atoms with Crippen molar-refractivity contribution >= 4 is 26.9 Å². The molecule has 1 N–H and O–H groups in total. The molecular weight excluding hydrogens is 356 g/mol. The summed E-state index contributed by atoms with van der Waals surface area (Å²) in [4.78, 5) is 13.7. The third-order valence-corrected chi connectivity index (χ3v) is 6.24. The molecule has 1 amide bonds. The van der Waals surface area contributed by atoms with Crippen LogP contribution in [0.25, 0.3) is 11.0 Å². The fourth-order valence-corrected chi connectivity index (χ4v) is 4.65. The summed E-state index contributed by atoms with van der Waals surface area (Å²) in [6.07, 6.45) is 0.693. The molecule has 1 aliphatic rings. The van der Waals surface area contributed by atoms with Crippen molar-refractivity contribution in [2.75, 3.05) is 39.3 Å². The van der Waals surface area contributed by atoms with Crippen molar-refractivity contribution in [3.05, 3.63) is 30.0 Å². The number of nitrogens with zero attached hydrogens (tertiary/aromatic N) is 3. The van der Waals surface area contributed by atoms with Gasteiger partial charge in [0.2, 0.25) is 15.9 Å². The average molecular weight is 380 g/mol. The van der Waals surface area contributed by atoms with E-state index in [2.05, 4.69) is 10.5 Å². The molecule has 1 aromatic heterocycles. The maximum Gasteiger partial charge on any atom is 0.234 e. The number of carbonyl (C=O) groups excluding carboxylic acids is 1. The molecular formula is C17H24N4O4S. The Kier molecular flexibility index (Phi) is 5.90. The largest absolute Gasteiger partial charge is 0.356 e. The van der Waals surface area contributed by atoms with Crippen molar-refractivity contribution in [2.45, 2.75) is 19.1 Å². The minimum atomic E-state index is -3.50. The highest BCUT2D eigenvalue weighted by Gasteiger charge is 2.27. The van der Waals surface area contributed by atoms with Crippen LogP contribution in [0.3, 0.4) is 0 Å². The first-order chi connectivity index (χ1) is 12.5. The summed E-state index contributed by atoms with van der Waals surface area (Å²) < 4.78 is 32.4. The zero-order chi connectivity index (χ0) is 18.6. The lowest BCUT2D eigenvalue weighted by Gasteiger charge is -2.21. The Bertz CT molecular complexity index is 865. The van der Waals surface area contributed by atoms with Crippen LogP contribution >= 0.6 is 0 Å². The molecule has 0 bridgehead atoms. The van der Waals surface area contributed by atoms with E-state index in [-0.39, 0.29) is 11.7 Å². The van der Waals surface area contributed by atoms with Gasteiger partial charge in [0.1, 0.15) is 11.4 Å². The van der Waals surface area contributed by atoms with Gasteiger partial charge in [-0.3, -0.25) is 9.69 Å². The van der Waals surface area contributed by atoms with E-state index < -0.39 is 10.0 Å². The van der Waals surface area contributed by atoms with Crippen LogP contribution in [0.1, 0.15) is 19.0 Å². The van der Waals surface area contributed by atoms with E-state index in [1.807, 2.05) is 30.0 Å². The molecule has 3 rings (SSSR count). The smallest absolute Gasteiger partial charge is 0.234 e. The second kappa shape index (κ2) is 8.15. The van der Waals surface area contributed by atoms with Gasteiger partial charge < -0.3 is 9.84 Å². The first-order valence-corrected chi connectivity index (χ1v) is 10.4. The molecule has 0 atom stereocenters. The first-order valence-electron chi connectivity index (χ1n) is 8.80. The van der Waals surface area contributed by atoms with Crippen molar-refractivity contribution in [3.63, 3.8) is 0 Å². The molecule has 1 saturated heterocycles. The van der Waals surface area contributed by atoms with Crippen molar-refractivity contribution in [3.8, 4) is 0 Å². The lowest BCUT2D eigenvalue weighted by molar-refractivity contribution is -0.122. The van der Waals surface area contributed by atoms with E-state index in [1.54, 1.807) is 6.07 Å². The van der Waals surface area contributed by atoms with Crippen molar-refractivity contribution < 1.29 is 17.7 Å². The monoisotopic (exact) mass is 380 g/mol. The molecule has 8 nitrogen and oxygen atoms in total. The summed E-state index contributed by atoms with van der Waals surface area (Å²) in [7, 11) is -3.50. The predicted octanol–water partition coefficient (Wildman–Crippen LogP) is 0.801. The Balaban J connectivity index is 1.65. The van der Waals surface area contributed by atoms with Crippen LogP contribution in [0.4, 0.5) is 0 Å². The quantitative estimate of drug-likeness (QED) is 0.796. The van der Waals surface area contributed by atoms with Gasteiger partial charge in [-0.05, 0) is 32.0 Å². The molecule has 0 saturated carbocycles. The number of carbonyl (C=O) groups is 1. The maximum atomic E-state index is 12.8. The molecule has 1 fully saturated rings. The molecule has 2 aromatic rings. The number of sulfonamides is 1. The van der Waals surface area contributed by atoms with E-state index in [1.165, 1.54) is 4.31 Å². The molecule has 142 valence electrons. The van der Waals surface area contributed by atoms with E-state index in [0.29, 0.717) is 57.0 Å². The van der Waals surface area contributed by atoms with Crippen LogP contribution in [0.5, 0.6) is 0 Å². The number of amides is 1. The summed E-state index contributed by atoms with van der Waals surface area (Å²) in [5.74, 6) is -0.210. The number of hydrogen-bond donors (Lipinski definition) is 1. The second-order valence-corrected chi connectivity index (χ2v) is 8.33. The van der Waals surface area contributed by atoms with Crippen molar-refractivity contribution in [1.82, 2.24) is 19.7 Å². The third kappa shape index (κ3) is 4.40. The zero-order valence-corrected chi connectivity index (χ0v) is 15.7. The van der Waals surface area contributed by atoms with Gasteiger partial charge in [-0.2, -0.15) is 0 Å². The lowest BCUT2D eigenvalue weighted by Crippen LogP contribution is -2.40. The Labute approximate surface area is 153 Å². The van der Waals surface area contributed by atoms with Crippen molar-refractivity contribution in [1.29, 1.82) is 0 Å². The maximum absolute atomic E-state index is 12.8. The van der Waals surface area contributed by atoms with Gasteiger partial charge in [-0.15, -0.1) is 0 Å². The summed E-state index contributed by atoms with van der Waals surface area (Å²) in [6.45, 7) is 4.84. The predicted molar refractivity (Wildman–Crippen MR) is 97.9 cm³/mol. The zero-order valence-electron chi connectivity index (χ0n) is 14.8. The first kappa shape index (κ1) is 18.8. The highest BCUT2D eigenvalue weighted by Crippen LogP contribution is 2.21. The average Bonchev–Trinajstić information content (AvgIpc) is 2.84. The van der Waals surface area contributed by atoms with Gasteiger partial charge in [0.15, 0.2) is 5.58 Å². The van der Waals surface area contributed by atoms with E-state index in [0.717, 1.165) is 5.39 Å². The number of hydrogen-bond acceptors (Lipinski definition) is 6. The minimum absolute atomic E-state index is 0.0297. The SMILES string of the molecule is CCNC(=O)CN1CCCN(S(=O)(=O)Cc2noc3ccccc23)CC1. The summed E-state index contributed by atoms with van der Waals surface area (Å²) >= 11 is 0. The van der Waals surface area contributed by atoms with Crippen LogP contribution in [0, 0.1) is 0 Å². The topological polar surface area (TPSA) is 95.8 Å². The van der Waals surface area contributed by atoms with Crippen LogP contribution in [0.2, 0.25) is 0 Å². The normalized spacial score (nSPS) is 17.3. The van der Waals surface area contributed by atoms with Gasteiger partial charge in [-0.25, -0.2) is 12.7 Å². The van der Waals surface area contributed by atoms with E-state index in [4.69, 9.17) is 4.52 Å². The van der Waals surface area contributed by atoms with Gasteiger partial charge in [0.25, 0.3) is 0 Å². The summed E-state index contributed by atoms with van der Waals surface area (Å²) in [6, 6.07) is 7.24. The highest BCUT2D eigenvalue weighted by molar-refractivity contribution is 7.88. The minimum Gasteiger partial charge on any atom is -0.356 e. The van der Waals surface area contributed by atoms with Gasteiger partial charge in [0.05, 0.1) is 6.54 Å². The third-order valence-electron chi connectivity index (χ3n) is 4.45. The fourth-order valence-electron chi connectivity index (χ4n) is 3.15. The molecule has 26 heavy (non-hydrogen) atoms. The lowest BCUT2D eigenvalue weighted by atomic mass is 10.2. The Hall–Kier alpha value is -1.97. The molecule has 1 aliphatic heterocycles. The number of nitrogens with one attached hydrogen (secondary N) is 1. The van der Waals surface area contributed by atoms with Gasteiger partial charge in [-0.1, -0.05) is 17.3 Å². The van der Waals surface area contributed by atoms with E-state index >= 15 is 0 Å². The number of rotatable bonds is 6. The Morgan fingerprint density at radius 2 is 2.04 bits per heavy atom. The summed E-state index contributed by atoms with van der Waals surface area (Å²) in [5, 5.41) is 7.43. The molecule has 0 radical (unpaired) electrons. The molecule has 0 unspecified atom stereocenters. The van der Waals surface area contributed by atoms with Crippen LogP contribution in [-0.2, 0) is 20.6 Å². The molecule has 0 aliphatic carbocycles. The molecule has 0 spiro atoms. The Morgan fingerprint density at radius 3 is 2.85 bits per heavy atom. The standard InChI is InChI=1S/C17H24N4O4S/c1-2-18-17(22)12-20-8-5-9-21(11-10-20)26(23,24)13-15-14-6-3-4-7-16(14)25-19-15/h3-4,6-7H,2,5,8-13H2,1H3,(H,18,22). The van der Waals surface area contributed by atoms with Gasteiger partial charge >= 0.3 is 0 Å². The number of likely N-dealkylation sites (N-methyl/N-ethyl adjacent to an activating group) is 1. The summed E-state index contributed by atoms with van der Waals surface area (Å²) in [5.41, 5.74) is 1.02. The van der Waals surface area contributed by atoms with Crippen LogP contribution in [0.15, 0.2) is 28.8 Å². The number of benzene rings is 1. The van der Waals surface area contributed by atoms with Gasteiger partial charge in [0, 0.05) is 31.6 Å². The molecule has 2 heterocycles. The number of fused-ring (bicyclic) bond motifs is 1. The highest BCUT2D eigenvalue weighted by atomic mass is 32.2. The second-order valence-electron chi connectivity index (χ2n) is 6.36. The molecule has 9 heteroatoms. The fraction of sp³-hybridized carbons (Fsp3) is 0.529.